The normalized spacial score (nSPS) is 15.8. The van der Waals surface area contributed by atoms with Crippen LogP contribution in [0.1, 0.15) is 36.5 Å². The molecule has 2 atom stereocenters. The van der Waals surface area contributed by atoms with Crippen LogP contribution in [0.3, 0.4) is 0 Å². The zero-order valence-electron chi connectivity index (χ0n) is 36.3. The average Bonchev–Trinajstić information content (AvgIpc) is 4.19. The van der Waals surface area contributed by atoms with Crippen LogP contribution >= 0.6 is 0 Å². The minimum absolute atomic E-state index is 0. The molecule has 2 fully saturated rings. The lowest BCUT2D eigenvalue weighted by Crippen LogP contribution is -2.26. The van der Waals surface area contributed by atoms with Crippen LogP contribution in [0.15, 0.2) is 140 Å². The van der Waals surface area contributed by atoms with E-state index in [2.05, 4.69) is 35.1 Å². The molecular weight excluding hydrogens is 867 g/mol. The maximum atomic E-state index is 13.8. The smallest absolute Gasteiger partial charge is 0.345 e. The largest absolute Gasteiger partial charge is 0.422 e. The molecule has 0 spiro atoms. The number of carbonyl (C=O) groups is 1. The number of hydrogen-bond acceptors (Lipinski definition) is 11. The number of para-hydroxylation sites is 2. The molecule has 4 aromatic carbocycles. The lowest BCUT2D eigenvalue weighted by atomic mass is 10.1. The lowest BCUT2D eigenvalue weighted by Gasteiger charge is -2.19. The molecule has 13 nitrogen and oxygen atoms in total. The number of anilines is 2. The summed E-state index contributed by atoms with van der Waals surface area (Å²) in [5.74, 6) is 2.26. The SMILES string of the molecule is C.NCC1CCN(c2nccc3ccc(F)cc23)C1.O=Cc1cc2c(=O)oc3ccccc3c2[nH]1.O=c1oc2ccccc2c2[nH]c(CNCC3CCN(c4nccc5ccc(F)cc45)C3)cc12. The Kier molecular flexibility index (Phi) is 13.1. The zero-order chi connectivity index (χ0) is 46.0. The quantitative estimate of drug-likeness (QED) is 0.0843. The monoisotopic (exact) mass is 916 g/mol. The molecule has 0 radical (unpaired) electrons. The zero-order valence-corrected chi connectivity index (χ0v) is 36.3. The van der Waals surface area contributed by atoms with E-state index in [4.69, 9.17) is 14.6 Å². The fraction of sp³-hybridized carbons (Fsp3) is 0.226. The van der Waals surface area contributed by atoms with Gasteiger partial charge in [0.1, 0.15) is 34.4 Å². The van der Waals surface area contributed by atoms with E-state index in [0.717, 1.165) is 101 Å². The summed E-state index contributed by atoms with van der Waals surface area (Å²) in [5, 5.41) is 9.97. The van der Waals surface area contributed by atoms with Crippen molar-refractivity contribution in [2.45, 2.75) is 26.8 Å². The molecule has 10 aromatic rings. The summed E-state index contributed by atoms with van der Waals surface area (Å²) in [5.41, 5.74) is 8.84. The van der Waals surface area contributed by atoms with Gasteiger partial charge in [-0.25, -0.2) is 28.3 Å². The van der Waals surface area contributed by atoms with E-state index >= 15 is 0 Å². The van der Waals surface area contributed by atoms with Crippen LogP contribution < -0.4 is 32.1 Å². The maximum absolute atomic E-state index is 13.8. The number of carbonyl (C=O) groups excluding carboxylic acids is 1. The molecule has 0 saturated carbocycles. The van der Waals surface area contributed by atoms with E-state index in [1.54, 1.807) is 54.9 Å². The number of aldehydes is 1. The van der Waals surface area contributed by atoms with E-state index in [1.165, 1.54) is 18.2 Å². The molecule has 2 aliphatic rings. The van der Waals surface area contributed by atoms with Crippen molar-refractivity contribution < 1.29 is 22.4 Å². The minimum atomic E-state index is -0.432. The number of aromatic amines is 2. The Hall–Kier alpha value is -7.75. The summed E-state index contributed by atoms with van der Waals surface area (Å²) in [6, 6.07) is 31.7. The first-order valence-electron chi connectivity index (χ1n) is 22.3. The Morgan fingerprint density at radius 3 is 1.75 bits per heavy atom. The van der Waals surface area contributed by atoms with Gasteiger partial charge in [-0.1, -0.05) is 43.8 Å². The standard InChI is InChI=1S/C26H23FN4O2.C14H16FN3.C12H7NO3.CH4/c27-18-6-5-17-7-9-29-25(21(17)11-18)31-10-8-16(15-31)13-28-14-19-12-22-24(30-19)20-3-1-2-4-23(20)33-26(22)32;15-12-2-1-11-3-5-17-14(13(11)7-12)18-6-4-10(8-16)9-18;14-6-7-5-9-11(13-7)8-3-1-2-4-10(8)16-12(9)15;/h1-7,9,11-12,16,28,30H,8,10,13-15H2;1-3,5,7,10H,4,6,8-9,16H2;1-6,13H;1H4. The second kappa shape index (κ2) is 19.6. The van der Waals surface area contributed by atoms with Gasteiger partial charge in [-0.2, -0.15) is 0 Å². The first kappa shape index (κ1) is 45.4. The number of halogens is 2. The van der Waals surface area contributed by atoms with Gasteiger partial charge in [-0.05, 0) is 115 Å². The topological polar surface area (TPSA) is 179 Å². The highest BCUT2D eigenvalue weighted by Crippen LogP contribution is 2.31. The summed E-state index contributed by atoms with van der Waals surface area (Å²) in [7, 11) is 0. The lowest BCUT2D eigenvalue weighted by molar-refractivity contribution is 0.111. The number of fused-ring (bicyclic) bond motifs is 8. The van der Waals surface area contributed by atoms with Crippen molar-refractivity contribution in [3.63, 3.8) is 0 Å². The Balaban J connectivity index is 0.000000139. The average molecular weight is 917 g/mol. The van der Waals surface area contributed by atoms with Crippen LogP contribution in [0.5, 0.6) is 0 Å². The third-order valence-corrected chi connectivity index (χ3v) is 12.7. The number of nitrogens with two attached hydrogens (primary N) is 1. The van der Waals surface area contributed by atoms with E-state index in [0.29, 0.717) is 64.4 Å². The van der Waals surface area contributed by atoms with Gasteiger partial charge >= 0.3 is 11.3 Å². The van der Waals surface area contributed by atoms with Crippen LogP contribution in [-0.2, 0) is 6.54 Å². The highest BCUT2D eigenvalue weighted by Gasteiger charge is 2.26. The Labute approximate surface area is 388 Å². The molecule has 8 heterocycles. The molecule has 0 aliphatic carbocycles. The van der Waals surface area contributed by atoms with Crippen molar-refractivity contribution in [2.24, 2.45) is 17.6 Å². The van der Waals surface area contributed by atoms with Crippen molar-refractivity contribution in [3.8, 4) is 0 Å². The maximum Gasteiger partial charge on any atom is 0.345 e. The van der Waals surface area contributed by atoms with Gasteiger partial charge in [0, 0.05) is 78.9 Å². The number of H-pyrrole nitrogens is 2. The Bertz CT molecular complexity index is 3570. The van der Waals surface area contributed by atoms with E-state index in [9.17, 15) is 23.2 Å². The van der Waals surface area contributed by atoms with Crippen molar-refractivity contribution in [1.82, 2.24) is 25.3 Å². The second-order valence-corrected chi connectivity index (χ2v) is 17.1. The molecule has 2 saturated heterocycles. The molecule has 68 heavy (non-hydrogen) atoms. The number of rotatable bonds is 8. The van der Waals surface area contributed by atoms with E-state index < -0.39 is 5.63 Å². The van der Waals surface area contributed by atoms with Crippen molar-refractivity contribution in [1.29, 1.82) is 0 Å². The number of nitrogens with one attached hydrogen (secondary N) is 3. The molecular formula is C53H50F2N8O5. The first-order valence-corrected chi connectivity index (χ1v) is 22.3. The molecule has 2 unspecified atom stereocenters. The number of hydrogen-bond donors (Lipinski definition) is 4. The molecule has 15 heteroatoms. The minimum Gasteiger partial charge on any atom is -0.422 e. The van der Waals surface area contributed by atoms with E-state index in [1.807, 2.05) is 48.5 Å². The fourth-order valence-corrected chi connectivity index (χ4v) is 9.30. The summed E-state index contributed by atoms with van der Waals surface area (Å²) >= 11 is 0. The number of aromatic nitrogens is 4. The highest BCUT2D eigenvalue weighted by molar-refractivity contribution is 6.04. The molecule has 346 valence electrons. The molecule has 0 bridgehead atoms. The Morgan fingerprint density at radius 2 is 1.19 bits per heavy atom. The molecule has 12 rings (SSSR count). The summed E-state index contributed by atoms with van der Waals surface area (Å²) in [6.07, 6.45) is 6.38. The summed E-state index contributed by atoms with van der Waals surface area (Å²) in [4.78, 5) is 54.3. The highest BCUT2D eigenvalue weighted by atomic mass is 19.1. The van der Waals surface area contributed by atoms with Gasteiger partial charge in [-0.15, -0.1) is 0 Å². The van der Waals surface area contributed by atoms with Crippen molar-refractivity contribution >= 4 is 83.2 Å². The van der Waals surface area contributed by atoms with Gasteiger partial charge in [0.15, 0.2) is 6.29 Å². The van der Waals surface area contributed by atoms with Crippen molar-refractivity contribution in [3.05, 3.63) is 165 Å². The van der Waals surface area contributed by atoms with Crippen LogP contribution in [0, 0.1) is 23.5 Å². The number of benzene rings is 4. The predicted octanol–water partition coefficient (Wildman–Crippen LogP) is 9.46. The molecule has 0 amide bonds. The van der Waals surface area contributed by atoms with Gasteiger partial charge in [0.2, 0.25) is 0 Å². The fourth-order valence-electron chi connectivity index (χ4n) is 9.30. The third-order valence-electron chi connectivity index (χ3n) is 12.7. The molecule has 2 aliphatic heterocycles. The van der Waals surface area contributed by atoms with Crippen molar-refractivity contribution in [2.75, 3.05) is 49.1 Å². The number of nitrogens with zero attached hydrogens (tertiary/aromatic N) is 4. The van der Waals surface area contributed by atoms with Crippen LogP contribution in [0.2, 0.25) is 0 Å². The van der Waals surface area contributed by atoms with Gasteiger partial charge in [0.25, 0.3) is 0 Å². The second-order valence-electron chi connectivity index (χ2n) is 17.1. The van der Waals surface area contributed by atoms with Gasteiger partial charge in [-0.3, -0.25) is 4.79 Å². The van der Waals surface area contributed by atoms with Gasteiger partial charge < -0.3 is 39.7 Å². The first-order chi connectivity index (χ1) is 32.7. The van der Waals surface area contributed by atoms with E-state index in [-0.39, 0.29) is 24.7 Å². The Morgan fingerprint density at radius 1 is 0.662 bits per heavy atom. The molecule has 5 N–H and O–H groups in total. The predicted molar refractivity (Wildman–Crippen MR) is 266 cm³/mol. The molecule has 6 aromatic heterocycles. The summed E-state index contributed by atoms with van der Waals surface area (Å²) in [6.45, 7) is 5.82. The van der Waals surface area contributed by atoms with Crippen LogP contribution in [-0.4, -0.2) is 65.5 Å². The van der Waals surface area contributed by atoms with Crippen LogP contribution in [0.25, 0.3) is 65.3 Å². The van der Waals surface area contributed by atoms with Gasteiger partial charge in [0.05, 0.1) is 27.5 Å². The third kappa shape index (κ3) is 9.18. The van der Waals surface area contributed by atoms with Crippen LogP contribution in [0.4, 0.5) is 20.4 Å². The number of pyridine rings is 2. The summed E-state index contributed by atoms with van der Waals surface area (Å²) < 4.78 is 37.8.